The molecular formula is C15H16N4O. The van der Waals surface area contributed by atoms with Gasteiger partial charge in [-0.05, 0) is 25.0 Å². The van der Waals surface area contributed by atoms with E-state index in [0.717, 1.165) is 54.2 Å². The molecule has 0 aromatic carbocycles. The summed E-state index contributed by atoms with van der Waals surface area (Å²) in [6.07, 6.45) is 7.79. The summed E-state index contributed by atoms with van der Waals surface area (Å²) in [5.41, 5.74) is 4.11. The first kappa shape index (κ1) is 11.7. The summed E-state index contributed by atoms with van der Waals surface area (Å²) < 4.78 is 5.42. The maximum Gasteiger partial charge on any atom is 0.178 e. The molecule has 102 valence electrons. The molecule has 5 nitrogen and oxygen atoms in total. The Hall–Kier alpha value is -2.14. The monoisotopic (exact) mass is 268 g/mol. The van der Waals surface area contributed by atoms with Crippen LogP contribution in [0.2, 0.25) is 0 Å². The van der Waals surface area contributed by atoms with Crippen molar-refractivity contribution in [1.29, 1.82) is 0 Å². The fraction of sp³-hybridized carbons (Fsp3) is 0.333. The molecule has 0 atom stereocenters. The number of ether oxygens (including phenoxy) is 1. The number of H-pyrrole nitrogens is 2. The van der Waals surface area contributed by atoms with Gasteiger partial charge in [-0.3, -0.25) is 0 Å². The van der Waals surface area contributed by atoms with E-state index < -0.39 is 0 Å². The van der Waals surface area contributed by atoms with Gasteiger partial charge in [0.2, 0.25) is 0 Å². The fourth-order valence-electron chi connectivity index (χ4n) is 2.83. The Morgan fingerprint density at radius 3 is 2.90 bits per heavy atom. The lowest BCUT2D eigenvalue weighted by Crippen LogP contribution is -2.15. The van der Waals surface area contributed by atoms with Gasteiger partial charge in [-0.25, -0.2) is 9.97 Å². The van der Waals surface area contributed by atoms with E-state index in [-0.39, 0.29) is 0 Å². The Bertz CT molecular complexity index is 711. The van der Waals surface area contributed by atoms with E-state index in [2.05, 4.69) is 26.0 Å². The van der Waals surface area contributed by atoms with Gasteiger partial charge in [-0.2, -0.15) is 0 Å². The molecule has 0 saturated carbocycles. The highest BCUT2D eigenvalue weighted by atomic mass is 16.5. The molecule has 0 spiro atoms. The Labute approximate surface area is 116 Å². The SMILES string of the molecule is c1cc(-c2cc[nH]c2)c2[nH]c(C3CCOCC3)nc2n1. The van der Waals surface area contributed by atoms with Gasteiger partial charge in [0.25, 0.3) is 0 Å². The van der Waals surface area contributed by atoms with Gasteiger partial charge in [-0.15, -0.1) is 0 Å². The summed E-state index contributed by atoms with van der Waals surface area (Å²) in [6.45, 7) is 1.64. The Kier molecular flexibility index (Phi) is 2.77. The number of pyridine rings is 1. The molecular weight excluding hydrogens is 252 g/mol. The van der Waals surface area contributed by atoms with Crippen molar-refractivity contribution in [3.63, 3.8) is 0 Å². The standard InChI is InChI=1S/C15H16N4O/c1-5-16-9-11(1)12-2-6-17-15-13(12)18-14(19-15)10-3-7-20-8-4-10/h1-2,5-6,9-10,16H,3-4,7-8H2,(H,17,18,19). The molecule has 1 saturated heterocycles. The molecule has 4 heterocycles. The average molecular weight is 268 g/mol. The molecule has 3 aromatic rings. The van der Waals surface area contributed by atoms with Crippen LogP contribution in [0.4, 0.5) is 0 Å². The maximum absolute atomic E-state index is 5.42. The number of hydrogen-bond donors (Lipinski definition) is 2. The minimum atomic E-state index is 0.456. The van der Waals surface area contributed by atoms with Crippen molar-refractivity contribution in [2.24, 2.45) is 0 Å². The lowest BCUT2D eigenvalue weighted by molar-refractivity contribution is 0.0838. The van der Waals surface area contributed by atoms with E-state index in [1.807, 2.05) is 24.7 Å². The Balaban J connectivity index is 1.81. The van der Waals surface area contributed by atoms with Gasteiger partial charge in [0.05, 0.1) is 5.52 Å². The lowest BCUT2D eigenvalue weighted by Gasteiger charge is -2.19. The molecule has 2 N–H and O–H groups in total. The van der Waals surface area contributed by atoms with Crippen LogP contribution in [0.5, 0.6) is 0 Å². The average Bonchev–Trinajstić information content (AvgIpc) is 3.17. The van der Waals surface area contributed by atoms with Gasteiger partial charge in [0.1, 0.15) is 5.82 Å². The first-order chi connectivity index (χ1) is 9.92. The number of hydrogen-bond acceptors (Lipinski definition) is 3. The maximum atomic E-state index is 5.42. The van der Waals surface area contributed by atoms with Crippen molar-refractivity contribution in [3.05, 3.63) is 36.5 Å². The van der Waals surface area contributed by atoms with Crippen molar-refractivity contribution in [3.8, 4) is 11.1 Å². The van der Waals surface area contributed by atoms with Gasteiger partial charge < -0.3 is 14.7 Å². The van der Waals surface area contributed by atoms with Gasteiger partial charge in [-0.1, -0.05) is 0 Å². The second-order valence-corrected chi connectivity index (χ2v) is 5.17. The molecule has 4 rings (SSSR count). The van der Waals surface area contributed by atoms with Crippen LogP contribution in [0, 0.1) is 0 Å². The van der Waals surface area contributed by atoms with Gasteiger partial charge >= 0.3 is 0 Å². The summed E-state index contributed by atoms with van der Waals surface area (Å²) in [6, 6.07) is 4.08. The molecule has 3 aromatic heterocycles. The number of imidazole rings is 1. The molecule has 0 bridgehead atoms. The Morgan fingerprint density at radius 2 is 2.10 bits per heavy atom. The van der Waals surface area contributed by atoms with Crippen molar-refractivity contribution >= 4 is 11.2 Å². The lowest BCUT2D eigenvalue weighted by atomic mass is 10.00. The summed E-state index contributed by atoms with van der Waals surface area (Å²) >= 11 is 0. The molecule has 5 heteroatoms. The molecule has 20 heavy (non-hydrogen) atoms. The van der Waals surface area contributed by atoms with E-state index in [4.69, 9.17) is 4.74 Å². The third-order valence-electron chi connectivity index (χ3n) is 3.93. The number of nitrogens with zero attached hydrogens (tertiary/aromatic N) is 2. The summed E-state index contributed by atoms with van der Waals surface area (Å²) in [7, 11) is 0. The first-order valence-corrected chi connectivity index (χ1v) is 6.97. The zero-order valence-electron chi connectivity index (χ0n) is 11.1. The minimum Gasteiger partial charge on any atom is -0.381 e. The van der Waals surface area contributed by atoms with Crippen LogP contribution in [0.25, 0.3) is 22.3 Å². The quantitative estimate of drug-likeness (QED) is 0.751. The highest BCUT2D eigenvalue weighted by molar-refractivity contribution is 5.89. The number of rotatable bonds is 2. The van der Waals surface area contributed by atoms with E-state index >= 15 is 0 Å². The predicted molar refractivity (Wildman–Crippen MR) is 76.5 cm³/mol. The van der Waals surface area contributed by atoms with Crippen molar-refractivity contribution < 1.29 is 4.74 Å². The molecule has 1 aliphatic heterocycles. The van der Waals surface area contributed by atoms with Crippen LogP contribution in [-0.4, -0.2) is 33.1 Å². The molecule has 0 unspecified atom stereocenters. The van der Waals surface area contributed by atoms with Crippen molar-refractivity contribution in [2.75, 3.05) is 13.2 Å². The predicted octanol–water partition coefficient (Wildman–Crippen LogP) is 2.85. The highest BCUT2D eigenvalue weighted by Crippen LogP contribution is 2.30. The van der Waals surface area contributed by atoms with Crippen molar-refractivity contribution in [2.45, 2.75) is 18.8 Å². The van der Waals surface area contributed by atoms with Crippen LogP contribution < -0.4 is 0 Å². The fourth-order valence-corrected chi connectivity index (χ4v) is 2.83. The molecule has 0 amide bonds. The summed E-state index contributed by atoms with van der Waals surface area (Å²) in [5.74, 6) is 1.50. The van der Waals surface area contributed by atoms with Gasteiger partial charge in [0, 0.05) is 48.8 Å². The van der Waals surface area contributed by atoms with Gasteiger partial charge in [0.15, 0.2) is 5.65 Å². The number of nitrogens with one attached hydrogen (secondary N) is 2. The number of aromatic nitrogens is 4. The first-order valence-electron chi connectivity index (χ1n) is 6.97. The number of fused-ring (bicyclic) bond motifs is 1. The molecule has 1 aliphatic rings. The van der Waals surface area contributed by atoms with E-state index in [9.17, 15) is 0 Å². The highest BCUT2D eigenvalue weighted by Gasteiger charge is 2.20. The summed E-state index contributed by atoms with van der Waals surface area (Å²) in [5, 5.41) is 0. The largest absolute Gasteiger partial charge is 0.381 e. The second kappa shape index (κ2) is 4.76. The van der Waals surface area contributed by atoms with E-state index in [1.54, 1.807) is 0 Å². The molecule has 0 radical (unpaired) electrons. The van der Waals surface area contributed by atoms with Crippen LogP contribution in [0.15, 0.2) is 30.7 Å². The zero-order valence-corrected chi connectivity index (χ0v) is 11.1. The van der Waals surface area contributed by atoms with E-state index in [0.29, 0.717) is 5.92 Å². The van der Waals surface area contributed by atoms with Crippen molar-refractivity contribution in [1.82, 2.24) is 19.9 Å². The zero-order chi connectivity index (χ0) is 13.4. The number of aromatic amines is 2. The third kappa shape index (κ3) is 1.91. The van der Waals surface area contributed by atoms with Crippen LogP contribution in [0.3, 0.4) is 0 Å². The van der Waals surface area contributed by atoms with Crippen LogP contribution in [-0.2, 0) is 4.74 Å². The third-order valence-corrected chi connectivity index (χ3v) is 3.93. The van der Waals surface area contributed by atoms with E-state index in [1.165, 1.54) is 0 Å². The second-order valence-electron chi connectivity index (χ2n) is 5.17. The minimum absolute atomic E-state index is 0.456. The van der Waals surface area contributed by atoms with Crippen LogP contribution >= 0.6 is 0 Å². The molecule has 1 fully saturated rings. The molecule has 0 aliphatic carbocycles. The summed E-state index contributed by atoms with van der Waals surface area (Å²) in [4.78, 5) is 15.6. The van der Waals surface area contributed by atoms with Crippen LogP contribution in [0.1, 0.15) is 24.6 Å². The topological polar surface area (TPSA) is 66.6 Å². The normalized spacial score (nSPS) is 16.8. The smallest absolute Gasteiger partial charge is 0.178 e. The Morgan fingerprint density at radius 1 is 1.20 bits per heavy atom.